The van der Waals surface area contributed by atoms with Crippen LogP contribution in [-0.2, 0) is 4.74 Å². The molecule has 0 heterocycles. The summed E-state index contributed by atoms with van der Waals surface area (Å²) in [6, 6.07) is 7.05. The van der Waals surface area contributed by atoms with Crippen molar-refractivity contribution in [2.75, 3.05) is 0 Å². The summed E-state index contributed by atoms with van der Waals surface area (Å²) in [6.07, 6.45) is 0.762. The van der Waals surface area contributed by atoms with Crippen LogP contribution in [-0.4, -0.2) is 17.9 Å². The van der Waals surface area contributed by atoms with E-state index in [1.54, 1.807) is 39.0 Å². The van der Waals surface area contributed by atoms with Crippen LogP contribution in [0.1, 0.15) is 31.9 Å². The molecule has 1 aromatic carbocycles. The summed E-state index contributed by atoms with van der Waals surface area (Å²) in [5.41, 5.74) is 0.687. The number of nitriles is 1. The van der Waals surface area contributed by atoms with E-state index in [-0.39, 0.29) is 0 Å². The molecule has 0 N–H and O–H groups in total. The van der Waals surface area contributed by atoms with Gasteiger partial charge in [0.05, 0.1) is 11.6 Å². The van der Waals surface area contributed by atoms with Crippen LogP contribution in [0.15, 0.2) is 27.7 Å². The Labute approximate surface area is 114 Å². The van der Waals surface area contributed by atoms with Crippen molar-refractivity contribution in [3.8, 4) is 6.07 Å². The van der Waals surface area contributed by atoms with E-state index in [4.69, 9.17) is 10.00 Å². The quantitative estimate of drug-likeness (QED) is 0.743. The molecule has 0 aliphatic carbocycles. The van der Waals surface area contributed by atoms with Crippen LogP contribution in [0.25, 0.3) is 0 Å². The molecule has 1 aromatic rings. The molecular formula is C13H13BrN2O2. The van der Waals surface area contributed by atoms with Crippen LogP contribution < -0.4 is 0 Å². The zero-order chi connectivity index (χ0) is 13.8. The number of hydrogen-bond donors (Lipinski definition) is 0. The van der Waals surface area contributed by atoms with Gasteiger partial charge in [-0.15, -0.1) is 0 Å². The maximum atomic E-state index is 11.4. The Morgan fingerprint density at radius 2 is 2.17 bits per heavy atom. The maximum Gasteiger partial charge on any atom is 0.434 e. The summed E-state index contributed by atoms with van der Waals surface area (Å²) >= 11 is 3.30. The van der Waals surface area contributed by atoms with E-state index in [2.05, 4.69) is 20.9 Å². The van der Waals surface area contributed by atoms with Crippen molar-refractivity contribution in [2.45, 2.75) is 26.4 Å². The van der Waals surface area contributed by atoms with Crippen LogP contribution >= 0.6 is 15.9 Å². The molecule has 0 saturated heterocycles. The number of carbonyl (C=O) groups excluding carboxylic acids is 1. The molecule has 1 rings (SSSR count). The Hall–Kier alpha value is -1.67. The molecule has 1 amide bonds. The Balaban J connectivity index is 2.80. The molecule has 94 valence electrons. The fourth-order valence-electron chi connectivity index (χ4n) is 1.11. The van der Waals surface area contributed by atoms with Gasteiger partial charge in [-0.3, -0.25) is 0 Å². The highest BCUT2D eigenvalue weighted by Gasteiger charge is 2.14. The van der Waals surface area contributed by atoms with Crippen molar-refractivity contribution >= 4 is 28.2 Å². The molecule has 0 bridgehead atoms. The van der Waals surface area contributed by atoms with Gasteiger partial charge in [-0.2, -0.15) is 10.3 Å². The SMILES string of the molecule is CC(C)(C)OC(=O)/N=C\c1ccc(C#N)cc1Br. The number of carbonyl (C=O) groups is 1. The Kier molecular flexibility index (Phi) is 4.62. The van der Waals surface area contributed by atoms with Gasteiger partial charge in [-0.05, 0) is 32.9 Å². The van der Waals surface area contributed by atoms with Crippen LogP contribution in [0.5, 0.6) is 0 Å². The van der Waals surface area contributed by atoms with Crippen LogP contribution in [0.4, 0.5) is 4.79 Å². The lowest BCUT2D eigenvalue weighted by Gasteiger charge is -2.17. The molecular weight excluding hydrogens is 296 g/mol. The minimum absolute atomic E-state index is 0.538. The Bertz CT molecular complexity index is 525. The first-order valence-corrected chi connectivity index (χ1v) is 6.08. The molecule has 0 spiro atoms. The zero-order valence-corrected chi connectivity index (χ0v) is 12.0. The van der Waals surface area contributed by atoms with E-state index in [0.717, 1.165) is 0 Å². The van der Waals surface area contributed by atoms with E-state index >= 15 is 0 Å². The number of rotatable bonds is 1. The van der Waals surface area contributed by atoms with Gasteiger partial charge in [-0.1, -0.05) is 22.0 Å². The summed E-state index contributed by atoms with van der Waals surface area (Å²) in [7, 11) is 0. The fourth-order valence-corrected chi connectivity index (χ4v) is 1.59. The number of benzene rings is 1. The van der Waals surface area contributed by atoms with Gasteiger partial charge in [-0.25, -0.2) is 4.79 Å². The van der Waals surface area contributed by atoms with Crippen molar-refractivity contribution in [3.05, 3.63) is 33.8 Å². The number of ether oxygens (including phenoxy) is 1. The molecule has 0 aromatic heterocycles. The van der Waals surface area contributed by atoms with Gasteiger partial charge < -0.3 is 4.74 Å². The molecule has 0 aliphatic rings. The molecule has 0 atom stereocenters. The lowest BCUT2D eigenvalue weighted by Crippen LogP contribution is -2.21. The highest BCUT2D eigenvalue weighted by Crippen LogP contribution is 2.17. The maximum absolute atomic E-state index is 11.4. The van der Waals surface area contributed by atoms with E-state index in [1.165, 1.54) is 6.21 Å². The summed E-state index contributed by atoms with van der Waals surface area (Å²) < 4.78 is 5.74. The summed E-state index contributed by atoms with van der Waals surface area (Å²) in [4.78, 5) is 15.1. The van der Waals surface area contributed by atoms with Crippen molar-refractivity contribution in [3.63, 3.8) is 0 Å². The lowest BCUT2D eigenvalue weighted by molar-refractivity contribution is 0.0605. The van der Waals surface area contributed by atoms with Crippen molar-refractivity contribution in [2.24, 2.45) is 4.99 Å². The topological polar surface area (TPSA) is 62.4 Å². The highest BCUT2D eigenvalue weighted by atomic mass is 79.9. The average Bonchev–Trinajstić information content (AvgIpc) is 2.25. The minimum Gasteiger partial charge on any atom is -0.442 e. The molecule has 0 radical (unpaired) electrons. The smallest absolute Gasteiger partial charge is 0.434 e. The van der Waals surface area contributed by atoms with Crippen LogP contribution in [0, 0.1) is 11.3 Å². The number of amides is 1. The second-order valence-corrected chi connectivity index (χ2v) is 5.44. The fraction of sp³-hybridized carbons (Fsp3) is 0.308. The third-order valence-electron chi connectivity index (χ3n) is 1.83. The lowest BCUT2D eigenvalue weighted by atomic mass is 10.2. The van der Waals surface area contributed by atoms with Gasteiger partial charge in [0.2, 0.25) is 0 Å². The predicted molar refractivity (Wildman–Crippen MR) is 72.7 cm³/mol. The van der Waals surface area contributed by atoms with E-state index in [0.29, 0.717) is 15.6 Å². The summed E-state index contributed by atoms with van der Waals surface area (Å²) in [5.74, 6) is 0. The molecule has 0 saturated carbocycles. The minimum atomic E-state index is -0.640. The summed E-state index contributed by atoms with van der Waals surface area (Å²) in [5, 5.41) is 8.72. The highest BCUT2D eigenvalue weighted by molar-refractivity contribution is 9.10. The predicted octanol–water partition coefficient (Wildman–Crippen LogP) is 3.67. The first-order chi connectivity index (χ1) is 8.31. The number of hydrogen-bond acceptors (Lipinski definition) is 3. The third-order valence-corrected chi connectivity index (χ3v) is 2.52. The number of aliphatic imine (C=N–C) groups is 1. The third kappa shape index (κ3) is 4.68. The second-order valence-electron chi connectivity index (χ2n) is 4.59. The normalized spacial score (nSPS) is 11.3. The van der Waals surface area contributed by atoms with Gasteiger partial charge in [0.15, 0.2) is 0 Å². The van der Waals surface area contributed by atoms with Crippen molar-refractivity contribution < 1.29 is 9.53 Å². The van der Waals surface area contributed by atoms with E-state index in [1.807, 2.05) is 6.07 Å². The van der Waals surface area contributed by atoms with Crippen molar-refractivity contribution in [1.29, 1.82) is 5.26 Å². The first-order valence-electron chi connectivity index (χ1n) is 5.28. The monoisotopic (exact) mass is 308 g/mol. The molecule has 4 nitrogen and oxygen atoms in total. The first kappa shape index (κ1) is 14.4. The summed E-state index contributed by atoms with van der Waals surface area (Å²) in [6.45, 7) is 5.33. The Morgan fingerprint density at radius 1 is 1.50 bits per heavy atom. The Morgan fingerprint density at radius 3 is 2.67 bits per heavy atom. The molecule has 0 fully saturated rings. The number of nitrogens with zero attached hydrogens (tertiary/aromatic N) is 2. The standard InChI is InChI=1S/C13H13BrN2O2/c1-13(2,3)18-12(17)16-8-10-5-4-9(7-15)6-11(10)14/h4-6,8H,1-3H3/b16-8-. The largest absolute Gasteiger partial charge is 0.442 e. The van der Waals surface area contributed by atoms with E-state index in [9.17, 15) is 4.79 Å². The average molecular weight is 309 g/mol. The molecule has 0 unspecified atom stereocenters. The van der Waals surface area contributed by atoms with Gasteiger partial charge in [0.25, 0.3) is 0 Å². The van der Waals surface area contributed by atoms with Crippen LogP contribution in [0.3, 0.4) is 0 Å². The van der Waals surface area contributed by atoms with Gasteiger partial charge in [0, 0.05) is 16.3 Å². The van der Waals surface area contributed by atoms with Crippen LogP contribution in [0.2, 0.25) is 0 Å². The second kappa shape index (κ2) is 5.78. The van der Waals surface area contributed by atoms with Gasteiger partial charge >= 0.3 is 6.09 Å². The molecule has 18 heavy (non-hydrogen) atoms. The molecule has 0 aliphatic heterocycles. The number of halogens is 1. The zero-order valence-electron chi connectivity index (χ0n) is 10.4. The molecule has 5 heteroatoms. The van der Waals surface area contributed by atoms with Gasteiger partial charge in [0.1, 0.15) is 5.60 Å². The van der Waals surface area contributed by atoms with Crippen molar-refractivity contribution in [1.82, 2.24) is 0 Å². The van der Waals surface area contributed by atoms with E-state index < -0.39 is 11.7 Å².